The van der Waals surface area contributed by atoms with E-state index in [2.05, 4.69) is 20.8 Å². The molecule has 0 aliphatic carbocycles. The van der Waals surface area contributed by atoms with Crippen LogP contribution < -0.4 is 5.32 Å². The predicted octanol–water partition coefficient (Wildman–Crippen LogP) is 1.98. The molecule has 0 aliphatic heterocycles. The number of alkyl carbamates (subject to hydrolysis) is 1. The molecular weight excluding hydrogens is 414 g/mol. The molecular formula is C22H25N5O5. The van der Waals surface area contributed by atoms with Gasteiger partial charge < -0.3 is 19.9 Å². The van der Waals surface area contributed by atoms with Gasteiger partial charge in [-0.2, -0.15) is 0 Å². The molecule has 2 N–H and O–H groups in total. The van der Waals surface area contributed by atoms with E-state index in [1.165, 1.54) is 11.8 Å². The molecule has 0 aliphatic rings. The summed E-state index contributed by atoms with van der Waals surface area (Å²) >= 11 is 0. The van der Waals surface area contributed by atoms with Crippen LogP contribution in [0.15, 0.2) is 60.7 Å². The molecule has 1 amide bonds. The van der Waals surface area contributed by atoms with E-state index in [1.807, 2.05) is 60.7 Å². The molecule has 0 saturated heterocycles. The monoisotopic (exact) mass is 439 g/mol. The van der Waals surface area contributed by atoms with E-state index in [0.717, 1.165) is 11.1 Å². The van der Waals surface area contributed by atoms with Gasteiger partial charge in [-0.25, -0.2) is 14.3 Å². The van der Waals surface area contributed by atoms with Crippen molar-refractivity contribution in [1.29, 1.82) is 0 Å². The summed E-state index contributed by atoms with van der Waals surface area (Å²) in [7, 11) is 1.25. The van der Waals surface area contributed by atoms with Crippen LogP contribution in [0, 0.1) is 0 Å². The number of esters is 1. The number of rotatable bonds is 9. The zero-order valence-corrected chi connectivity index (χ0v) is 17.8. The Morgan fingerprint density at radius 3 is 2.31 bits per heavy atom. The quantitative estimate of drug-likeness (QED) is 0.484. The number of carbonyl (C=O) groups excluding carboxylic acids is 2. The molecule has 3 aromatic rings. The number of benzene rings is 2. The number of carbonyl (C=O) groups is 2. The van der Waals surface area contributed by atoms with Crippen LogP contribution in [-0.4, -0.2) is 50.5 Å². The smallest absolute Gasteiger partial charge is 0.407 e. The van der Waals surface area contributed by atoms with Crippen LogP contribution in [0.4, 0.5) is 4.79 Å². The van der Waals surface area contributed by atoms with Gasteiger partial charge in [0.2, 0.25) is 0 Å². The van der Waals surface area contributed by atoms with Crippen molar-refractivity contribution in [3.8, 4) is 0 Å². The van der Waals surface area contributed by atoms with Crippen LogP contribution >= 0.6 is 0 Å². The lowest BCUT2D eigenvalue weighted by Gasteiger charge is -2.24. The molecule has 32 heavy (non-hydrogen) atoms. The molecule has 168 valence electrons. The fourth-order valence-electron chi connectivity index (χ4n) is 3.15. The number of amides is 1. The number of nitrogens with zero attached hydrogens (tertiary/aromatic N) is 4. The number of aliphatic hydroxyl groups excluding tert-OH is 1. The molecule has 10 heteroatoms. The molecule has 0 saturated carbocycles. The van der Waals surface area contributed by atoms with E-state index in [-0.39, 0.29) is 18.9 Å². The third-order valence-electron chi connectivity index (χ3n) is 4.89. The summed E-state index contributed by atoms with van der Waals surface area (Å²) in [6.45, 7) is 1.63. The maximum atomic E-state index is 12.5. The second kappa shape index (κ2) is 11.0. The lowest BCUT2D eigenvalue weighted by molar-refractivity contribution is -0.144. The van der Waals surface area contributed by atoms with Crippen LogP contribution in [0.5, 0.6) is 0 Å². The molecule has 0 radical (unpaired) electrons. The Hall–Kier alpha value is -3.79. The summed E-state index contributed by atoms with van der Waals surface area (Å²) in [6.07, 6.45) is -1.74. The van der Waals surface area contributed by atoms with Crippen LogP contribution in [0.25, 0.3) is 0 Å². The minimum Gasteiger partial charge on any atom is -0.467 e. The molecule has 0 fully saturated rings. The SMILES string of the molecule is COC(=O)[C@H](C)n1nnnc1[C@@H](O)[C@H](Cc1ccccc1)NC(=O)OCc1ccccc1. The van der Waals surface area contributed by atoms with Gasteiger partial charge in [0, 0.05) is 0 Å². The highest BCUT2D eigenvalue weighted by molar-refractivity contribution is 5.73. The van der Waals surface area contributed by atoms with E-state index in [1.54, 1.807) is 6.92 Å². The number of hydrogen-bond acceptors (Lipinski definition) is 8. The second-order valence-electron chi connectivity index (χ2n) is 7.13. The Morgan fingerprint density at radius 1 is 1.06 bits per heavy atom. The number of ether oxygens (including phenoxy) is 2. The van der Waals surface area contributed by atoms with Crippen molar-refractivity contribution >= 4 is 12.1 Å². The number of methoxy groups -OCH3 is 1. The van der Waals surface area contributed by atoms with Crippen LogP contribution in [0.1, 0.15) is 36.0 Å². The van der Waals surface area contributed by atoms with E-state index in [0.29, 0.717) is 0 Å². The zero-order chi connectivity index (χ0) is 22.9. The first-order valence-electron chi connectivity index (χ1n) is 10.0. The molecule has 2 aromatic carbocycles. The Bertz CT molecular complexity index is 1010. The van der Waals surface area contributed by atoms with E-state index < -0.39 is 30.3 Å². The number of nitrogens with one attached hydrogen (secondary N) is 1. The number of aromatic nitrogens is 4. The van der Waals surface area contributed by atoms with Gasteiger partial charge in [0.1, 0.15) is 12.7 Å². The van der Waals surface area contributed by atoms with E-state index >= 15 is 0 Å². The first kappa shape index (κ1) is 22.9. The maximum absolute atomic E-state index is 12.5. The summed E-state index contributed by atoms with van der Waals surface area (Å²) < 4.78 is 11.2. The van der Waals surface area contributed by atoms with Gasteiger partial charge in [0.25, 0.3) is 0 Å². The minimum absolute atomic E-state index is 0.0205. The first-order valence-corrected chi connectivity index (χ1v) is 10.0. The Balaban J connectivity index is 1.77. The van der Waals surface area contributed by atoms with Gasteiger partial charge >= 0.3 is 12.1 Å². The fraction of sp³-hybridized carbons (Fsp3) is 0.318. The van der Waals surface area contributed by atoms with Crippen molar-refractivity contribution in [2.45, 2.75) is 38.1 Å². The van der Waals surface area contributed by atoms with Crippen molar-refractivity contribution in [3.05, 3.63) is 77.6 Å². The summed E-state index contributed by atoms with van der Waals surface area (Å²) in [5, 5.41) is 25.0. The largest absolute Gasteiger partial charge is 0.467 e. The highest BCUT2D eigenvalue weighted by Gasteiger charge is 2.31. The predicted molar refractivity (Wildman–Crippen MR) is 113 cm³/mol. The van der Waals surface area contributed by atoms with Crippen LogP contribution in [0.3, 0.4) is 0 Å². The molecule has 0 bridgehead atoms. The average molecular weight is 439 g/mol. The third-order valence-corrected chi connectivity index (χ3v) is 4.89. The van der Waals surface area contributed by atoms with Crippen molar-refractivity contribution < 1.29 is 24.2 Å². The van der Waals surface area contributed by atoms with E-state index in [9.17, 15) is 14.7 Å². The lowest BCUT2D eigenvalue weighted by Crippen LogP contribution is -2.42. The van der Waals surface area contributed by atoms with Crippen molar-refractivity contribution in [2.75, 3.05) is 7.11 Å². The van der Waals surface area contributed by atoms with Crippen molar-refractivity contribution in [1.82, 2.24) is 25.5 Å². The minimum atomic E-state index is -1.32. The summed E-state index contributed by atoms with van der Waals surface area (Å²) in [6, 6.07) is 16.9. The fourth-order valence-corrected chi connectivity index (χ4v) is 3.15. The molecule has 1 aromatic heterocycles. The number of tetrazole rings is 1. The van der Waals surface area contributed by atoms with Crippen molar-refractivity contribution in [2.24, 2.45) is 0 Å². The Labute approximate surface area is 185 Å². The van der Waals surface area contributed by atoms with Gasteiger partial charge in [0.05, 0.1) is 13.2 Å². The van der Waals surface area contributed by atoms with Gasteiger partial charge in [-0.05, 0) is 34.9 Å². The summed E-state index contributed by atoms with van der Waals surface area (Å²) in [5.41, 5.74) is 1.71. The van der Waals surface area contributed by atoms with Crippen LogP contribution in [-0.2, 0) is 27.3 Å². The zero-order valence-electron chi connectivity index (χ0n) is 17.8. The summed E-state index contributed by atoms with van der Waals surface area (Å²) in [5.74, 6) is -0.548. The molecule has 1 heterocycles. The normalized spacial score (nSPS) is 13.6. The van der Waals surface area contributed by atoms with Gasteiger partial charge in [0.15, 0.2) is 11.9 Å². The van der Waals surface area contributed by atoms with E-state index in [4.69, 9.17) is 9.47 Å². The molecule has 3 rings (SSSR count). The second-order valence-corrected chi connectivity index (χ2v) is 7.13. The molecule has 0 spiro atoms. The average Bonchev–Trinajstić information content (AvgIpc) is 3.32. The molecule has 0 unspecified atom stereocenters. The van der Waals surface area contributed by atoms with Gasteiger partial charge in [-0.15, -0.1) is 5.10 Å². The molecule has 3 atom stereocenters. The Kier molecular flexibility index (Phi) is 7.87. The Morgan fingerprint density at radius 2 is 1.69 bits per heavy atom. The van der Waals surface area contributed by atoms with Crippen molar-refractivity contribution in [3.63, 3.8) is 0 Å². The van der Waals surface area contributed by atoms with Crippen LogP contribution in [0.2, 0.25) is 0 Å². The highest BCUT2D eigenvalue weighted by atomic mass is 16.5. The standard InChI is InChI=1S/C22H25N5O5/c1-15(21(29)31-2)27-20(24-25-26-27)19(28)18(13-16-9-5-3-6-10-16)23-22(30)32-14-17-11-7-4-8-12-17/h3-12,15,18-19,28H,13-14H2,1-2H3,(H,23,30)/t15-,18-,19-/m0/s1. The van der Waals surface area contributed by atoms with Gasteiger partial charge in [-0.1, -0.05) is 60.7 Å². The lowest BCUT2D eigenvalue weighted by atomic mass is 10.0. The molecule has 10 nitrogen and oxygen atoms in total. The summed E-state index contributed by atoms with van der Waals surface area (Å²) in [4.78, 5) is 24.4. The topological polar surface area (TPSA) is 128 Å². The van der Waals surface area contributed by atoms with Gasteiger partial charge in [-0.3, -0.25) is 0 Å². The maximum Gasteiger partial charge on any atom is 0.407 e. The number of hydrogen-bond donors (Lipinski definition) is 2. The highest BCUT2D eigenvalue weighted by Crippen LogP contribution is 2.21. The first-order chi connectivity index (χ1) is 15.5. The number of aliphatic hydroxyl groups is 1. The third kappa shape index (κ3) is 5.88.